The number of hydrogen-bond acceptors (Lipinski definition) is 3. The highest BCUT2D eigenvalue weighted by molar-refractivity contribution is 5.80. The van der Waals surface area contributed by atoms with Gasteiger partial charge in [-0.05, 0) is 23.3 Å². The second-order valence-corrected chi connectivity index (χ2v) is 5.47. The number of hydrogen-bond donors (Lipinski definition) is 1. The first kappa shape index (κ1) is 13.7. The molecule has 0 fully saturated rings. The lowest BCUT2D eigenvalue weighted by Gasteiger charge is -2.22. The fraction of sp³-hybridized carbons (Fsp3) is 0.111. The average molecular weight is 308 g/mol. The highest BCUT2D eigenvalue weighted by Gasteiger charge is 2.33. The molecule has 23 heavy (non-hydrogen) atoms. The second-order valence-electron chi connectivity index (χ2n) is 5.47. The number of esters is 1. The molecule has 0 saturated heterocycles. The van der Waals surface area contributed by atoms with Gasteiger partial charge in [0.25, 0.3) is 0 Å². The Kier molecular flexibility index (Phi) is 3.19. The summed E-state index contributed by atoms with van der Waals surface area (Å²) >= 11 is 0. The molecule has 0 amide bonds. The molecule has 0 saturated carbocycles. The van der Waals surface area contributed by atoms with Crippen LogP contribution in [0.4, 0.5) is 4.39 Å². The predicted octanol–water partition coefficient (Wildman–Crippen LogP) is 3.66. The van der Waals surface area contributed by atoms with Crippen LogP contribution in [0, 0.1) is 5.82 Å². The van der Waals surface area contributed by atoms with Crippen molar-refractivity contribution >= 4 is 5.97 Å². The van der Waals surface area contributed by atoms with Gasteiger partial charge >= 0.3 is 5.97 Å². The third-order valence-electron chi connectivity index (χ3n) is 4.03. The van der Waals surface area contributed by atoms with E-state index in [1.807, 2.05) is 30.3 Å². The highest BCUT2D eigenvalue weighted by Crippen LogP contribution is 2.42. The molecule has 1 aliphatic heterocycles. The first-order valence-electron chi connectivity index (χ1n) is 7.32. The number of fused-ring (bicyclic) bond motifs is 1. The quantitative estimate of drug-likeness (QED) is 0.735. The second kappa shape index (κ2) is 5.35. The summed E-state index contributed by atoms with van der Waals surface area (Å²) in [5.41, 5.74) is 3.49. The van der Waals surface area contributed by atoms with Crippen LogP contribution in [-0.4, -0.2) is 16.2 Å². The van der Waals surface area contributed by atoms with E-state index in [2.05, 4.69) is 10.2 Å². The zero-order chi connectivity index (χ0) is 15.8. The molecule has 1 atom stereocenters. The number of H-pyrrole nitrogens is 1. The molecule has 0 aliphatic carbocycles. The molecule has 1 aromatic heterocycles. The Balaban J connectivity index is 1.86. The van der Waals surface area contributed by atoms with E-state index in [1.54, 1.807) is 12.1 Å². The van der Waals surface area contributed by atoms with Gasteiger partial charge in [-0.15, -0.1) is 5.10 Å². The maximum absolute atomic E-state index is 13.2. The van der Waals surface area contributed by atoms with E-state index in [4.69, 9.17) is 4.74 Å². The normalized spacial score (nSPS) is 16.7. The van der Waals surface area contributed by atoms with Crippen molar-refractivity contribution in [3.63, 3.8) is 0 Å². The number of halogens is 1. The summed E-state index contributed by atoms with van der Waals surface area (Å²) in [7, 11) is 0. The number of aromatic amines is 1. The van der Waals surface area contributed by atoms with Crippen molar-refractivity contribution in [2.24, 2.45) is 0 Å². The Morgan fingerprint density at radius 1 is 1.09 bits per heavy atom. The lowest BCUT2D eigenvalue weighted by molar-refractivity contribution is -0.135. The third kappa shape index (κ3) is 2.40. The monoisotopic (exact) mass is 308 g/mol. The van der Waals surface area contributed by atoms with E-state index >= 15 is 0 Å². The molecule has 5 heteroatoms. The summed E-state index contributed by atoms with van der Waals surface area (Å²) in [5.74, 6) is -0.545. The molecular weight excluding hydrogens is 295 g/mol. The van der Waals surface area contributed by atoms with Gasteiger partial charge in [0.15, 0.2) is 0 Å². The summed E-state index contributed by atoms with van der Waals surface area (Å²) in [5, 5.41) is 7.10. The van der Waals surface area contributed by atoms with Crippen molar-refractivity contribution in [3.05, 3.63) is 71.5 Å². The fourth-order valence-electron chi connectivity index (χ4n) is 2.96. The number of benzene rings is 2. The van der Waals surface area contributed by atoms with E-state index in [0.29, 0.717) is 5.88 Å². The summed E-state index contributed by atoms with van der Waals surface area (Å²) in [6, 6.07) is 15.9. The fourth-order valence-corrected chi connectivity index (χ4v) is 2.96. The average Bonchev–Trinajstić information content (AvgIpc) is 2.99. The number of nitrogens with zero attached hydrogens (tertiary/aromatic N) is 1. The zero-order valence-corrected chi connectivity index (χ0v) is 12.1. The number of aromatic nitrogens is 2. The van der Waals surface area contributed by atoms with E-state index in [1.165, 1.54) is 12.1 Å². The van der Waals surface area contributed by atoms with Gasteiger partial charge in [0.2, 0.25) is 5.88 Å². The summed E-state index contributed by atoms with van der Waals surface area (Å²) in [6.45, 7) is 0. The van der Waals surface area contributed by atoms with Crippen LogP contribution in [-0.2, 0) is 4.79 Å². The predicted molar refractivity (Wildman–Crippen MR) is 82.5 cm³/mol. The lowest BCUT2D eigenvalue weighted by atomic mass is 9.86. The minimum atomic E-state index is -0.335. The Morgan fingerprint density at radius 2 is 1.83 bits per heavy atom. The van der Waals surface area contributed by atoms with Crippen molar-refractivity contribution in [3.8, 4) is 17.1 Å². The molecule has 3 aromatic rings. The topological polar surface area (TPSA) is 55.0 Å². The first-order valence-corrected chi connectivity index (χ1v) is 7.32. The van der Waals surface area contributed by atoms with Crippen LogP contribution in [0.2, 0.25) is 0 Å². The molecule has 4 rings (SSSR count). The van der Waals surface area contributed by atoms with E-state index in [-0.39, 0.29) is 24.1 Å². The van der Waals surface area contributed by atoms with Gasteiger partial charge in [-0.25, -0.2) is 4.39 Å². The van der Waals surface area contributed by atoms with Gasteiger partial charge < -0.3 is 4.74 Å². The zero-order valence-electron chi connectivity index (χ0n) is 12.1. The summed E-state index contributed by atoms with van der Waals surface area (Å²) in [4.78, 5) is 11.9. The first-order chi connectivity index (χ1) is 11.2. The minimum absolute atomic E-state index is 0.206. The Bertz CT molecular complexity index is 856. The number of carbonyl (C=O) groups is 1. The molecule has 114 valence electrons. The standard InChI is InChI=1S/C18H13FN2O2/c19-13-8-6-11(7-9-13)14-10-15(22)23-18-16(14)17(20-21-18)12-4-2-1-3-5-12/h1-9,14H,10H2,(H,20,21). The Labute approximate surface area is 131 Å². The lowest BCUT2D eigenvalue weighted by Crippen LogP contribution is -2.20. The number of carbonyl (C=O) groups excluding carboxylic acids is 1. The minimum Gasteiger partial charge on any atom is -0.405 e. The molecule has 2 aromatic carbocycles. The molecular formula is C18H13FN2O2. The van der Waals surface area contributed by atoms with Crippen LogP contribution in [0.3, 0.4) is 0 Å². The summed E-state index contributed by atoms with van der Waals surface area (Å²) in [6.07, 6.45) is 0.206. The van der Waals surface area contributed by atoms with Gasteiger partial charge in [0.1, 0.15) is 5.82 Å². The van der Waals surface area contributed by atoms with Crippen LogP contribution in [0.5, 0.6) is 5.88 Å². The third-order valence-corrected chi connectivity index (χ3v) is 4.03. The van der Waals surface area contributed by atoms with Gasteiger partial charge in [-0.2, -0.15) is 0 Å². The van der Waals surface area contributed by atoms with Crippen LogP contribution >= 0.6 is 0 Å². The number of ether oxygens (including phenoxy) is 1. The molecule has 1 aliphatic rings. The molecule has 0 spiro atoms. The van der Waals surface area contributed by atoms with Crippen molar-refractivity contribution in [1.82, 2.24) is 10.2 Å². The van der Waals surface area contributed by atoms with Crippen LogP contribution in [0.25, 0.3) is 11.3 Å². The molecule has 1 unspecified atom stereocenters. The molecule has 0 radical (unpaired) electrons. The van der Waals surface area contributed by atoms with Crippen LogP contribution in [0.1, 0.15) is 23.5 Å². The van der Waals surface area contributed by atoms with Crippen molar-refractivity contribution in [2.75, 3.05) is 0 Å². The van der Waals surface area contributed by atoms with Crippen LogP contribution < -0.4 is 4.74 Å². The Morgan fingerprint density at radius 3 is 2.57 bits per heavy atom. The van der Waals surface area contributed by atoms with Crippen LogP contribution in [0.15, 0.2) is 54.6 Å². The van der Waals surface area contributed by atoms with Crippen molar-refractivity contribution in [1.29, 1.82) is 0 Å². The Hall–Kier alpha value is -2.95. The largest absolute Gasteiger partial charge is 0.405 e. The van der Waals surface area contributed by atoms with Crippen molar-refractivity contribution < 1.29 is 13.9 Å². The van der Waals surface area contributed by atoms with E-state index in [9.17, 15) is 9.18 Å². The molecule has 4 nitrogen and oxygen atoms in total. The van der Waals surface area contributed by atoms with Gasteiger partial charge in [0, 0.05) is 5.92 Å². The van der Waals surface area contributed by atoms with Crippen molar-refractivity contribution in [2.45, 2.75) is 12.3 Å². The maximum atomic E-state index is 13.2. The highest BCUT2D eigenvalue weighted by atomic mass is 19.1. The van der Waals surface area contributed by atoms with E-state index in [0.717, 1.165) is 22.4 Å². The van der Waals surface area contributed by atoms with E-state index < -0.39 is 0 Å². The number of rotatable bonds is 2. The number of nitrogens with one attached hydrogen (secondary N) is 1. The molecule has 0 bridgehead atoms. The summed E-state index contributed by atoms with van der Waals surface area (Å²) < 4.78 is 18.5. The molecule has 1 N–H and O–H groups in total. The van der Waals surface area contributed by atoms with Gasteiger partial charge in [-0.1, -0.05) is 42.5 Å². The smallest absolute Gasteiger partial charge is 0.313 e. The van der Waals surface area contributed by atoms with Gasteiger partial charge in [-0.3, -0.25) is 9.89 Å². The maximum Gasteiger partial charge on any atom is 0.313 e. The molecule has 2 heterocycles. The SMILES string of the molecule is O=C1CC(c2ccc(F)cc2)c2c(n[nH]c2-c2ccccc2)O1. The van der Waals surface area contributed by atoms with Gasteiger partial charge in [0.05, 0.1) is 17.7 Å².